The van der Waals surface area contributed by atoms with E-state index < -0.39 is 0 Å². The van der Waals surface area contributed by atoms with E-state index in [2.05, 4.69) is 4.90 Å². The van der Waals surface area contributed by atoms with Gasteiger partial charge in [0.15, 0.2) is 0 Å². The maximum atomic E-state index is 13.0. The molecular formula is C21H27N3O3S. The van der Waals surface area contributed by atoms with Crippen molar-refractivity contribution in [3.8, 4) is 5.75 Å². The average Bonchev–Trinajstić information content (AvgIpc) is 3.11. The summed E-state index contributed by atoms with van der Waals surface area (Å²) in [5.41, 5.74) is 0.640. The summed E-state index contributed by atoms with van der Waals surface area (Å²) in [6, 6.07) is 11.4. The summed E-state index contributed by atoms with van der Waals surface area (Å²) < 4.78 is 5.83. The number of thiophene rings is 1. The number of benzene rings is 1. The second-order valence-corrected chi connectivity index (χ2v) is 8.14. The third-order valence-corrected chi connectivity index (χ3v) is 5.63. The molecule has 0 aliphatic carbocycles. The van der Waals surface area contributed by atoms with Crippen LogP contribution in [-0.4, -0.2) is 73.3 Å². The van der Waals surface area contributed by atoms with Gasteiger partial charge in [-0.3, -0.25) is 14.5 Å². The Morgan fingerprint density at radius 1 is 1.11 bits per heavy atom. The number of hydrogen-bond acceptors (Lipinski definition) is 5. The summed E-state index contributed by atoms with van der Waals surface area (Å²) in [5, 5.41) is 2.02. The first-order valence-electron chi connectivity index (χ1n) is 9.50. The highest BCUT2D eigenvalue weighted by Gasteiger charge is 2.22. The van der Waals surface area contributed by atoms with Gasteiger partial charge < -0.3 is 14.5 Å². The second-order valence-electron chi connectivity index (χ2n) is 7.11. The summed E-state index contributed by atoms with van der Waals surface area (Å²) in [7, 11) is 3.53. The van der Waals surface area contributed by atoms with Crippen molar-refractivity contribution in [1.29, 1.82) is 0 Å². The van der Waals surface area contributed by atoms with Crippen LogP contribution in [0.25, 0.3) is 0 Å². The van der Waals surface area contributed by atoms with Gasteiger partial charge in [0.25, 0.3) is 5.91 Å². The van der Waals surface area contributed by atoms with Crippen molar-refractivity contribution in [2.75, 3.05) is 46.8 Å². The molecule has 2 amide bonds. The first-order chi connectivity index (χ1) is 13.5. The summed E-state index contributed by atoms with van der Waals surface area (Å²) in [4.78, 5) is 31.6. The van der Waals surface area contributed by atoms with Crippen molar-refractivity contribution in [3.05, 3.63) is 52.2 Å². The fraction of sp³-hybridized carbons (Fsp3) is 0.429. The molecule has 0 atom stereocenters. The van der Waals surface area contributed by atoms with Crippen LogP contribution in [0.3, 0.4) is 0 Å². The lowest BCUT2D eigenvalue weighted by molar-refractivity contribution is -0.129. The van der Waals surface area contributed by atoms with Crippen molar-refractivity contribution in [1.82, 2.24) is 14.7 Å². The molecule has 1 fully saturated rings. The molecule has 3 rings (SSSR count). The van der Waals surface area contributed by atoms with Gasteiger partial charge in [-0.05, 0) is 36.1 Å². The molecule has 150 valence electrons. The molecule has 2 heterocycles. The van der Waals surface area contributed by atoms with Crippen LogP contribution in [0.2, 0.25) is 0 Å². The van der Waals surface area contributed by atoms with Crippen LogP contribution < -0.4 is 4.74 Å². The smallest absolute Gasteiger partial charge is 0.254 e. The number of nitrogens with zero attached hydrogens (tertiary/aromatic N) is 3. The highest BCUT2D eigenvalue weighted by atomic mass is 32.1. The van der Waals surface area contributed by atoms with E-state index in [9.17, 15) is 9.59 Å². The van der Waals surface area contributed by atoms with Crippen molar-refractivity contribution >= 4 is 23.2 Å². The molecule has 7 heteroatoms. The number of ether oxygens (including phenoxy) is 1. The lowest BCUT2D eigenvalue weighted by Crippen LogP contribution is -2.39. The summed E-state index contributed by atoms with van der Waals surface area (Å²) >= 11 is 1.65. The van der Waals surface area contributed by atoms with Gasteiger partial charge >= 0.3 is 0 Å². The predicted molar refractivity (Wildman–Crippen MR) is 111 cm³/mol. The van der Waals surface area contributed by atoms with Gasteiger partial charge in [0, 0.05) is 50.7 Å². The molecule has 1 aromatic heterocycles. The highest BCUT2D eigenvalue weighted by Crippen LogP contribution is 2.19. The van der Waals surface area contributed by atoms with Gasteiger partial charge in [-0.25, -0.2) is 0 Å². The van der Waals surface area contributed by atoms with Crippen molar-refractivity contribution < 1.29 is 14.3 Å². The first kappa shape index (κ1) is 20.4. The molecule has 0 saturated carbocycles. The summed E-state index contributed by atoms with van der Waals surface area (Å²) in [6.07, 6.45) is 0.862. The first-order valence-corrected chi connectivity index (χ1v) is 10.4. The quantitative estimate of drug-likeness (QED) is 0.747. The van der Waals surface area contributed by atoms with Crippen molar-refractivity contribution in [3.63, 3.8) is 0 Å². The highest BCUT2D eigenvalue weighted by molar-refractivity contribution is 7.09. The third kappa shape index (κ3) is 5.56. The van der Waals surface area contributed by atoms with Crippen LogP contribution in [0.1, 0.15) is 21.7 Å². The van der Waals surface area contributed by atoms with Gasteiger partial charge in [0.1, 0.15) is 12.4 Å². The SMILES string of the molecule is CN(C)C(=O)CN1CCCN(C(=O)c2cccc(OCc3cccs3)c2)CC1. The molecule has 1 aromatic carbocycles. The lowest BCUT2D eigenvalue weighted by Gasteiger charge is -2.23. The zero-order valence-electron chi connectivity index (χ0n) is 16.5. The number of amides is 2. The van der Waals surface area contributed by atoms with Crippen molar-refractivity contribution in [2.24, 2.45) is 0 Å². The Kier molecular flexibility index (Phi) is 7.06. The van der Waals surface area contributed by atoms with Gasteiger partial charge in [-0.2, -0.15) is 0 Å². The second kappa shape index (κ2) is 9.71. The van der Waals surface area contributed by atoms with Gasteiger partial charge in [-0.15, -0.1) is 11.3 Å². The van der Waals surface area contributed by atoms with E-state index in [4.69, 9.17) is 4.74 Å². The molecule has 2 aromatic rings. The van der Waals surface area contributed by atoms with Crippen LogP contribution >= 0.6 is 11.3 Å². The zero-order chi connectivity index (χ0) is 19.9. The Balaban J connectivity index is 1.57. The minimum atomic E-state index is 0.0161. The Bertz CT molecular complexity index is 792. The van der Waals surface area contributed by atoms with Gasteiger partial charge in [0.05, 0.1) is 6.54 Å². The topological polar surface area (TPSA) is 53.1 Å². The van der Waals surface area contributed by atoms with E-state index in [1.54, 1.807) is 30.3 Å². The molecular weight excluding hydrogens is 374 g/mol. The zero-order valence-corrected chi connectivity index (χ0v) is 17.3. The van der Waals surface area contributed by atoms with Crippen LogP contribution in [0.4, 0.5) is 0 Å². The van der Waals surface area contributed by atoms with E-state index in [1.165, 1.54) is 0 Å². The maximum absolute atomic E-state index is 13.0. The predicted octanol–water partition coefficient (Wildman–Crippen LogP) is 2.56. The number of hydrogen-bond donors (Lipinski definition) is 0. The number of likely N-dealkylation sites (N-methyl/N-ethyl adjacent to an activating group) is 1. The largest absolute Gasteiger partial charge is 0.488 e. The molecule has 0 unspecified atom stereocenters. The minimum absolute atomic E-state index is 0.0161. The van der Waals surface area contributed by atoms with E-state index in [-0.39, 0.29) is 11.8 Å². The maximum Gasteiger partial charge on any atom is 0.254 e. The van der Waals surface area contributed by atoms with E-state index in [0.717, 1.165) is 17.8 Å². The standard InChI is InChI=1S/C21H27N3O3S/c1-22(2)20(25)15-23-9-5-10-24(12-11-23)21(26)17-6-3-7-18(14-17)27-16-19-8-4-13-28-19/h3-4,6-8,13-14H,5,9-12,15-16H2,1-2H3. The molecule has 1 aliphatic heterocycles. The summed E-state index contributed by atoms with van der Waals surface area (Å²) in [6.45, 7) is 3.77. The number of carbonyl (C=O) groups is 2. The molecule has 28 heavy (non-hydrogen) atoms. The van der Waals surface area contributed by atoms with Crippen LogP contribution in [0.5, 0.6) is 5.75 Å². The third-order valence-electron chi connectivity index (χ3n) is 4.78. The molecule has 0 N–H and O–H groups in total. The van der Waals surface area contributed by atoms with Crippen LogP contribution in [0, 0.1) is 0 Å². The molecule has 0 radical (unpaired) electrons. The number of rotatable bonds is 6. The van der Waals surface area contributed by atoms with E-state index in [1.807, 2.05) is 46.7 Å². The van der Waals surface area contributed by atoms with Crippen LogP contribution in [0.15, 0.2) is 41.8 Å². The normalized spacial score (nSPS) is 15.1. The molecule has 0 spiro atoms. The van der Waals surface area contributed by atoms with Crippen molar-refractivity contribution in [2.45, 2.75) is 13.0 Å². The minimum Gasteiger partial charge on any atom is -0.488 e. The lowest BCUT2D eigenvalue weighted by atomic mass is 10.2. The van der Waals surface area contributed by atoms with Crippen LogP contribution in [-0.2, 0) is 11.4 Å². The fourth-order valence-electron chi connectivity index (χ4n) is 3.12. The van der Waals surface area contributed by atoms with Gasteiger partial charge in [0.2, 0.25) is 5.91 Å². The van der Waals surface area contributed by atoms with Gasteiger partial charge in [-0.1, -0.05) is 12.1 Å². The Morgan fingerprint density at radius 3 is 2.71 bits per heavy atom. The molecule has 6 nitrogen and oxygen atoms in total. The number of carbonyl (C=O) groups excluding carboxylic acids is 2. The van der Waals surface area contributed by atoms with E-state index >= 15 is 0 Å². The average molecular weight is 402 g/mol. The summed E-state index contributed by atoms with van der Waals surface area (Å²) in [5.74, 6) is 0.810. The molecule has 1 saturated heterocycles. The molecule has 0 bridgehead atoms. The Labute approximate surface area is 170 Å². The Hall–Kier alpha value is -2.38. The fourth-order valence-corrected chi connectivity index (χ4v) is 3.73. The Morgan fingerprint density at radius 2 is 1.96 bits per heavy atom. The van der Waals surface area contributed by atoms with E-state index in [0.29, 0.717) is 44.1 Å². The molecule has 1 aliphatic rings. The monoisotopic (exact) mass is 401 g/mol.